The van der Waals surface area contributed by atoms with Gasteiger partial charge in [-0.25, -0.2) is 17.2 Å². The molecule has 15 heavy (non-hydrogen) atoms. The number of halogens is 3. The molecule has 0 saturated heterocycles. The first-order valence-electron chi connectivity index (χ1n) is 3.49. The van der Waals surface area contributed by atoms with Crippen molar-refractivity contribution in [2.24, 2.45) is 0 Å². The lowest BCUT2D eigenvalue weighted by Gasteiger charge is -2.07. The number of pyridine rings is 1. The number of aromatic nitrogens is 1. The Labute approximate surface area is 87.3 Å². The van der Waals surface area contributed by atoms with Crippen LogP contribution in [0.4, 0.5) is 14.5 Å². The van der Waals surface area contributed by atoms with Gasteiger partial charge in [-0.05, 0) is 0 Å². The van der Waals surface area contributed by atoms with Crippen molar-refractivity contribution in [2.45, 2.75) is 11.3 Å². The molecule has 0 bridgehead atoms. The summed E-state index contributed by atoms with van der Waals surface area (Å²) < 4.78 is 46.7. The summed E-state index contributed by atoms with van der Waals surface area (Å²) in [6.45, 7) is 0. The molecule has 0 aliphatic heterocycles. The number of anilines is 1. The van der Waals surface area contributed by atoms with Gasteiger partial charge in [0.25, 0.3) is 21.0 Å². The SMILES string of the molecule is Nc1c[nH]c(=O)c(S(=O)(=O)Cl)c1C(F)F. The van der Waals surface area contributed by atoms with Crippen LogP contribution in [0.15, 0.2) is 15.9 Å². The molecule has 1 aromatic rings. The van der Waals surface area contributed by atoms with Crippen LogP contribution in [0.5, 0.6) is 0 Å². The van der Waals surface area contributed by atoms with Crippen molar-refractivity contribution in [1.29, 1.82) is 0 Å². The Morgan fingerprint density at radius 1 is 1.47 bits per heavy atom. The highest BCUT2D eigenvalue weighted by Gasteiger charge is 2.27. The molecule has 0 fully saturated rings. The quantitative estimate of drug-likeness (QED) is 0.768. The van der Waals surface area contributed by atoms with Crippen LogP contribution in [0.25, 0.3) is 0 Å². The second-order valence-electron chi connectivity index (χ2n) is 2.55. The molecule has 0 unspecified atom stereocenters. The van der Waals surface area contributed by atoms with Gasteiger partial charge in [-0.1, -0.05) is 0 Å². The Bertz CT molecular complexity index is 540. The number of nitrogens with one attached hydrogen (secondary N) is 1. The average molecular weight is 259 g/mol. The number of nitrogen functional groups attached to an aromatic ring is 1. The van der Waals surface area contributed by atoms with Gasteiger partial charge in [-0.3, -0.25) is 4.79 Å². The lowest BCUT2D eigenvalue weighted by atomic mass is 10.2. The fourth-order valence-electron chi connectivity index (χ4n) is 1.01. The summed E-state index contributed by atoms with van der Waals surface area (Å²) in [5, 5.41) is 0. The van der Waals surface area contributed by atoms with E-state index < -0.39 is 37.2 Å². The maximum atomic E-state index is 12.4. The van der Waals surface area contributed by atoms with E-state index >= 15 is 0 Å². The molecule has 1 aromatic heterocycles. The van der Waals surface area contributed by atoms with E-state index in [1.54, 1.807) is 0 Å². The highest BCUT2D eigenvalue weighted by molar-refractivity contribution is 8.13. The van der Waals surface area contributed by atoms with Crippen LogP contribution in [0.1, 0.15) is 12.0 Å². The lowest BCUT2D eigenvalue weighted by Crippen LogP contribution is -2.19. The number of H-pyrrole nitrogens is 1. The number of alkyl halides is 2. The summed E-state index contributed by atoms with van der Waals surface area (Å²) in [6, 6.07) is 0. The minimum absolute atomic E-state index is 0.538. The number of rotatable bonds is 2. The van der Waals surface area contributed by atoms with Gasteiger partial charge in [-0.2, -0.15) is 0 Å². The third kappa shape index (κ3) is 2.26. The first-order chi connectivity index (χ1) is 6.75. The Morgan fingerprint density at radius 3 is 2.33 bits per heavy atom. The molecule has 0 amide bonds. The van der Waals surface area contributed by atoms with Crippen LogP contribution in [-0.2, 0) is 9.05 Å². The van der Waals surface area contributed by atoms with Crippen molar-refractivity contribution in [2.75, 3.05) is 5.73 Å². The maximum Gasteiger partial charge on any atom is 0.268 e. The van der Waals surface area contributed by atoms with Crippen molar-refractivity contribution < 1.29 is 17.2 Å². The molecule has 0 spiro atoms. The summed E-state index contributed by atoms with van der Waals surface area (Å²) in [4.78, 5) is 11.7. The van der Waals surface area contributed by atoms with Crippen LogP contribution in [0.2, 0.25) is 0 Å². The molecule has 9 heteroatoms. The highest BCUT2D eigenvalue weighted by Crippen LogP contribution is 2.30. The Kier molecular flexibility index (Phi) is 3.00. The summed E-state index contributed by atoms with van der Waals surface area (Å²) >= 11 is 0. The molecule has 84 valence electrons. The first-order valence-corrected chi connectivity index (χ1v) is 5.80. The highest BCUT2D eigenvalue weighted by atomic mass is 35.7. The van der Waals surface area contributed by atoms with Crippen LogP contribution in [-0.4, -0.2) is 13.4 Å². The van der Waals surface area contributed by atoms with Crippen LogP contribution in [0, 0.1) is 0 Å². The van der Waals surface area contributed by atoms with E-state index in [0.717, 1.165) is 6.20 Å². The fourth-order valence-corrected chi connectivity index (χ4v) is 2.22. The topological polar surface area (TPSA) is 93.0 Å². The third-order valence-corrected chi connectivity index (χ3v) is 2.94. The van der Waals surface area contributed by atoms with E-state index in [-0.39, 0.29) is 0 Å². The van der Waals surface area contributed by atoms with Gasteiger partial charge in [0, 0.05) is 16.9 Å². The van der Waals surface area contributed by atoms with E-state index in [4.69, 9.17) is 16.4 Å². The standard InChI is InChI=1S/C6H5ClF2N2O3S/c7-15(13,14)4-3(5(8)9)2(10)1-11-6(4)12/h1,5H,10H2,(H,11,12). The Hall–Kier alpha value is -1.15. The van der Waals surface area contributed by atoms with E-state index in [0.29, 0.717) is 0 Å². The smallest absolute Gasteiger partial charge is 0.268 e. The molecule has 1 rings (SSSR count). The second-order valence-corrected chi connectivity index (χ2v) is 5.06. The van der Waals surface area contributed by atoms with Crippen LogP contribution < -0.4 is 11.3 Å². The monoisotopic (exact) mass is 258 g/mol. The lowest BCUT2D eigenvalue weighted by molar-refractivity contribution is 0.148. The molecule has 0 atom stereocenters. The van der Waals surface area contributed by atoms with Gasteiger partial charge in [0.15, 0.2) is 4.90 Å². The first kappa shape index (κ1) is 11.9. The molecule has 0 aliphatic rings. The number of aromatic amines is 1. The van der Waals surface area contributed by atoms with Gasteiger partial charge in [0.05, 0.1) is 11.3 Å². The number of hydrogen-bond donors (Lipinski definition) is 2. The van der Waals surface area contributed by atoms with Crippen molar-refractivity contribution in [1.82, 2.24) is 4.98 Å². The van der Waals surface area contributed by atoms with Crippen molar-refractivity contribution in [3.05, 3.63) is 22.1 Å². The largest absolute Gasteiger partial charge is 0.397 e. The molecule has 5 nitrogen and oxygen atoms in total. The van der Waals surface area contributed by atoms with Gasteiger partial charge in [0.2, 0.25) is 0 Å². The van der Waals surface area contributed by atoms with E-state index in [2.05, 4.69) is 0 Å². The van der Waals surface area contributed by atoms with Crippen LogP contribution in [0.3, 0.4) is 0 Å². The molecule has 0 aliphatic carbocycles. The second kappa shape index (κ2) is 3.78. The minimum Gasteiger partial charge on any atom is -0.397 e. The zero-order valence-corrected chi connectivity index (χ0v) is 8.57. The van der Waals surface area contributed by atoms with Crippen LogP contribution >= 0.6 is 10.7 Å². The predicted molar refractivity (Wildman–Crippen MR) is 49.5 cm³/mol. The number of nitrogens with two attached hydrogens (primary N) is 1. The van der Waals surface area contributed by atoms with Crippen molar-refractivity contribution in [3.63, 3.8) is 0 Å². The van der Waals surface area contributed by atoms with Gasteiger partial charge >= 0.3 is 0 Å². The molecule has 0 aromatic carbocycles. The number of hydrogen-bond acceptors (Lipinski definition) is 4. The zero-order chi connectivity index (χ0) is 11.8. The molecule has 0 radical (unpaired) electrons. The minimum atomic E-state index is -4.56. The fraction of sp³-hybridized carbons (Fsp3) is 0.167. The third-order valence-electron chi connectivity index (χ3n) is 1.58. The Morgan fingerprint density at radius 2 is 2.00 bits per heavy atom. The van der Waals surface area contributed by atoms with Crippen molar-refractivity contribution in [3.8, 4) is 0 Å². The van der Waals surface area contributed by atoms with E-state index in [1.165, 1.54) is 0 Å². The zero-order valence-electron chi connectivity index (χ0n) is 7.00. The van der Waals surface area contributed by atoms with Gasteiger partial charge in [-0.15, -0.1) is 0 Å². The van der Waals surface area contributed by atoms with Gasteiger partial charge < -0.3 is 10.7 Å². The maximum absolute atomic E-state index is 12.4. The normalized spacial score (nSPS) is 12.0. The Balaban J connectivity index is 3.77. The van der Waals surface area contributed by atoms with Gasteiger partial charge in [0.1, 0.15) is 0 Å². The molecule has 3 N–H and O–H groups in total. The molecular formula is C6H5ClF2N2O3S. The van der Waals surface area contributed by atoms with E-state index in [1.807, 2.05) is 4.98 Å². The summed E-state index contributed by atoms with van der Waals surface area (Å²) in [5.74, 6) is 0. The molecule has 0 saturated carbocycles. The molecular weight excluding hydrogens is 254 g/mol. The summed E-state index contributed by atoms with van der Waals surface area (Å²) in [6.07, 6.45) is -2.41. The summed E-state index contributed by atoms with van der Waals surface area (Å²) in [5.41, 5.74) is 2.27. The summed E-state index contributed by atoms with van der Waals surface area (Å²) in [7, 11) is 0.285. The van der Waals surface area contributed by atoms with E-state index in [9.17, 15) is 22.0 Å². The predicted octanol–water partition coefficient (Wildman–Crippen LogP) is 0.822. The molecule has 1 heterocycles. The average Bonchev–Trinajstić information content (AvgIpc) is 2.05. The van der Waals surface area contributed by atoms with Crippen molar-refractivity contribution >= 4 is 25.4 Å².